The van der Waals surface area contributed by atoms with Gasteiger partial charge in [0.1, 0.15) is 11.5 Å². The van der Waals surface area contributed by atoms with E-state index in [1.54, 1.807) is 4.90 Å². The number of benzene rings is 2. The Bertz CT molecular complexity index is 1490. The molecule has 1 aliphatic rings. The van der Waals surface area contributed by atoms with Crippen molar-refractivity contribution in [2.75, 3.05) is 44.5 Å². The van der Waals surface area contributed by atoms with E-state index in [2.05, 4.69) is 29.5 Å². The number of carbonyl (C=O) groups excluding carboxylic acids is 3. The predicted octanol–water partition coefficient (Wildman–Crippen LogP) is 5.60. The highest BCUT2D eigenvalue weighted by molar-refractivity contribution is 6.01. The Balaban J connectivity index is 1.37. The zero-order valence-corrected chi connectivity index (χ0v) is 28.9. The Morgan fingerprint density at radius 1 is 0.833 bits per heavy atom. The first-order valence-electron chi connectivity index (χ1n) is 17.2. The van der Waals surface area contributed by atoms with Gasteiger partial charge in [0.25, 0.3) is 0 Å². The zero-order chi connectivity index (χ0) is 34.3. The molecule has 48 heavy (non-hydrogen) atoms. The second kappa shape index (κ2) is 19.2. The average Bonchev–Trinajstić information content (AvgIpc) is 3.48. The van der Waals surface area contributed by atoms with Crippen molar-refractivity contribution < 1.29 is 28.6 Å². The highest BCUT2D eigenvalue weighted by Gasteiger charge is 2.29. The minimum atomic E-state index is -0.219. The fourth-order valence-electron chi connectivity index (χ4n) is 5.52. The predicted molar refractivity (Wildman–Crippen MR) is 185 cm³/mol. The van der Waals surface area contributed by atoms with E-state index in [9.17, 15) is 14.4 Å². The molecule has 0 aliphatic carbocycles. The van der Waals surface area contributed by atoms with Crippen LogP contribution in [0.15, 0.2) is 48.5 Å². The molecule has 4 rings (SSSR count). The first-order valence-corrected chi connectivity index (χ1v) is 17.2. The lowest BCUT2D eigenvalue weighted by atomic mass is 9.95. The highest BCUT2D eigenvalue weighted by Crippen LogP contribution is 2.41. The molecule has 0 fully saturated rings. The molecule has 1 aliphatic heterocycles. The molecule has 0 saturated carbocycles. The number of fused-ring (bicyclic) bond motifs is 5. The molecule has 3 aromatic rings. The summed E-state index contributed by atoms with van der Waals surface area (Å²) in [7, 11) is 0. The van der Waals surface area contributed by atoms with E-state index in [0.717, 1.165) is 46.6 Å². The molecule has 0 bridgehead atoms. The van der Waals surface area contributed by atoms with Gasteiger partial charge in [0.2, 0.25) is 11.8 Å². The van der Waals surface area contributed by atoms with Gasteiger partial charge in [-0.2, -0.15) is 0 Å². The van der Waals surface area contributed by atoms with Crippen LogP contribution in [-0.2, 0) is 41.7 Å². The Kier molecular flexibility index (Phi) is 14.7. The number of hydrogen-bond acceptors (Lipinski definition) is 8. The molecule has 0 atom stereocenters. The van der Waals surface area contributed by atoms with Gasteiger partial charge in [-0.15, -0.1) is 5.10 Å². The molecule has 2 heterocycles. The lowest BCUT2D eigenvalue weighted by Crippen LogP contribution is -2.34. The Morgan fingerprint density at radius 2 is 1.58 bits per heavy atom. The number of Topliss-reactive ketones (excluding diaryl/α,β-unsaturated/α-hetero) is 1. The third-order valence-electron chi connectivity index (χ3n) is 8.08. The summed E-state index contributed by atoms with van der Waals surface area (Å²) < 4.78 is 18.7. The Morgan fingerprint density at radius 3 is 2.38 bits per heavy atom. The number of nitrogens with zero attached hydrogens (tertiary/aromatic N) is 4. The van der Waals surface area contributed by atoms with E-state index in [1.165, 1.54) is 0 Å². The standard InChI is InChI=1S/C37H51N5O6/c1-27(2)14-15-30(43)18-22-47-23-19-38-34(44)16-17-35(45)41-26-29-10-5-6-11-31(29)36-37(32-12-7-8-13-33(32)41)42(40-39-36)20-9-21-46-24-25-48-28(3)4/h5-8,10-13,27-28H,9,14-26H2,1-4H3,(H,38,44). The number of ketones is 1. The van der Waals surface area contributed by atoms with Crippen molar-refractivity contribution in [3.8, 4) is 22.5 Å². The van der Waals surface area contributed by atoms with E-state index in [0.29, 0.717) is 71.4 Å². The summed E-state index contributed by atoms with van der Waals surface area (Å²) in [6, 6.07) is 15.7. The number of rotatable bonds is 20. The number of nitrogens with one attached hydrogen (secondary N) is 1. The normalized spacial score (nSPS) is 12.3. The van der Waals surface area contributed by atoms with Crippen LogP contribution < -0.4 is 10.2 Å². The van der Waals surface area contributed by atoms with Crippen molar-refractivity contribution in [1.29, 1.82) is 0 Å². The number of para-hydroxylation sites is 1. The van der Waals surface area contributed by atoms with Crippen LogP contribution in [0.1, 0.15) is 71.8 Å². The number of amides is 2. The van der Waals surface area contributed by atoms with Crippen molar-refractivity contribution in [3.05, 3.63) is 54.1 Å². The lowest BCUT2D eigenvalue weighted by Gasteiger charge is -2.28. The van der Waals surface area contributed by atoms with Gasteiger partial charge < -0.3 is 24.4 Å². The maximum Gasteiger partial charge on any atom is 0.227 e. The summed E-state index contributed by atoms with van der Waals surface area (Å²) >= 11 is 0. The fraction of sp³-hybridized carbons (Fsp3) is 0.541. The zero-order valence-electron chi connectivity index (χ0n) is 28.9. The van der Waals surface area contributed by atoms with Crippen LogP contribution in [0.25, 0.3) is 22.5 Å². The van der Waals surface area contributed by atoms with E-state index >= 15 is 0 Å². The van der Waals surface area contributed by atoms with Crippen molar-refractivity contribution in [3.63, 3.8) is 0 Å². The van der Waals surface area contributed by atoms with Crippen LogP contribution in [0.5, 0.6) is 0 Å². The van der Waals surface area contributed by atoms with Crippen LogP contribution in [0, 0.1) is 5.92 Å². The topological polar surface area (TPSA) is 125 Å². The summed E-state index contributed by atoms with van der Waals surface area (Å²) in [4.78, 5) is 40.1. The molecule has 2 aromatic carbocycles. The Labute approximate surface area is 284 Å². The first-order chi connectivity index (χ1) is 23.2. The van der Waals surface area contributed by atoms with Crippen molar-refractivity contribution in [2.45, 2.75) is 85.4 Å². The van der Waals surface area contributed by atoms with Crippen molar-refractivity contribution in [1.82, 2.24) is 20.3 Å². The number of carbonyl (C=O) groups is 3. The van der Waals surface area contributed by atoms with Gasteiger partial charge in [0, 0.05) is 56.5 Å². The summed E-state index contributed by atoms with van der Waals surface area (Å²) in [5, 5.41) is 12.0. The van der Waals surface area contributed by atoms with Crippen molar-refractivity contribution in [2.24, 2.45) is 5.92 Å². The average molecular weight is 662 g/mol. The highest BCUT2D eigenvalue weighted by atomic mass is 16.5. The number of anilines is 1. The lowest BCUT2D eigenvalue weighted by molar-refractivity contribution is -0.125. The third kappa shape index (κ3) is 11.1. The molecule has 11 nitrogen and oxygen atoms in total. The molecule has 0 radical (unpaired) electrons. The van der Waals surface area contributed by atoms with E-state index < -0.39 is 0 Å². The van der Waals surface area contributed by atoms with Gasteiger partial charge in [0.05, 0.1) is 50.5 Å². The first kappa shape index (κ1) is 36.9. The molecular formula is C37H51N5O6. The van der Waals surface area contributed by atoms with Gasteiger partial charge in [-0.25, -0.2) is 4.68 Å². The minimum Gasteiger partial charge on any atom is -0.379 e. The fourth-order valence-corrected chi connectivity index (χ4v) is 5.52. The number of ether oxygens (including phenoxy) is 3. The summed E-state index contributed by atoms with van der Waals surface area (Å²) in [6.45, 7) is 11.8. The molecule has 1 aromatic heterocycles. The van der Waals surface area contributed by atoms with Gasteiger partial charge in [-0.1, -0.05) is 61.5 Å². The Hall–Kier alpha value is -3.93. The molecule has 2 amide bonds. The quantitative estimate of drug-likeness (QED) is 0.155. The smallest absolute Gasteiger partial charge is 0.227 e. The van der Waals surface area contributed by atoms with Gasteiger partial charge in [0.15, 0.2) is 0 Å². The van der Waals surface area contributed by atoms with Gasteiger partial charge in [-0.05, 0) is 44.2 Å². The maximum absolute atomic E-state index is 13.8. The van der Waals surface area contributed by atoms with E-state index in [4.69, 9.17) is 14.2 Å². The van der Waals surface area contributed by atoms with Crippen LogP contribution in [-0.4, -0.2) is 78.3 Å². The third-order valence-corrected chi connectivity index (χ3v) is 8.08. The van der Waals surface area contributed by atoms with Crippen LogP contribution in [0.3, 0.4) is 0 Å². The molecule has 0 unspecified atom stereocenters. The maximum atomic E-state index is 13.8. The second-order valence-electron chi connectivity index (χ2n) is 12.7. The molecular weight excluding hydrogens is 610 g/mol. The molecule has 0 spiro atoms. The number of aryl methyl sites for hydroxylation is 1. The van der Waals surface area contributed by atoms with Gasteiger partial charge in [-0.3, -0.25) is 14.4 Å². The molecule has 260 valence electrons. The van der Waals surface area contributed by atoms with Crippen molar-refractivity contribution >= 4 is 23.3 Å². The SMILES string of the molecule is CC(C)CCC(=O)CCOCCNC(=O)CCC(=O)N1Cc2ccccc2-c2nnn(CCCOCCOC(C)C)c2-c2ccccc21. The van der Waals surface area contributed by atoms with Gasteiger partial charge >= 0.3 is 0 Å². The van der Waals surface area contributed by atoms with Crippen LogP contribution in [0.4, 0.5) is 5.69 Å². The second-order valence-corrected chi connectivity index (χ2v) is 12.7. The largest absolute Gasteiger partial charge is 0.379 e. The summed E-state index contributed by atoms with van der Waals surface area (Å²) in [6.07, 6.45) is 2.86. The summed E-state index contributed by atoms with van der Waals surface area (Å²) in [5.74, 6) is 0.332. The van der Waals surface area contributed by atoms with Crippen LogP contribution >= 0.6 is 0 Å². The summed E-state index contributed by atoms with van der Waals surface area (Å²) in [5.41, 5.74) is 5.10. The van der Waals surface area contributed by atoms with Crippen LogP contribution in [0.2, 0.25) is 0 Å². The minimum absolute atomic E-state index is 0.0514. The number of hydrogen-bond donors (Lipinski definition) is 1. The van der Waals surface area contributed by atoms with E-state index in [1.807, 2.05) is 67.1 Å². The number of aromatic nitrogens is 3. The van der Waals surface area contributed by atoms with E-state index in [-0.39, 0.29) is 36.5 Å². The molecule has 1 N–H and O–H groups in total. The monoisotopic (exact) mass is 661 g/mol. The molecule has 0 saturated heterocycles. The molecule has 11 heteroatoms.